The van der Waals surface area contributed by atoms with E-state index in [1.165, 1.54) is 7.11 Å². The van der Waals surface area contributed by atoms with E-state index in [1.807, 2.05) is 0 Å². The highest BCUT2D eigenvalue weighted by molar-refractivity contribution is 7.80. The first-order valence-electron chi connectivity index (χ1n) is 5.71. The monoisotopic (exact) mass is 313 g/mol. The highest BCUT2D eigenvalue weighted by atomic mass is 35.5. The summed E-state index contributed by atoms with van der Waals surface area (Å²) in [4.78, 5) is 0. The summed E-state index contributed by atoms with van der Waals surface area (Å²) in [5.74, 6) is 1.02. The molecule has 0 unspecified atom stereocenters. The van der Waals surface area contributed by atoms with Gasteiger partial charge in [-0.1, -0.05) is 17.7 Å². The third-order valence-electron chi connectivity index (χ3n) is 2.24. The maximum atomic E-state index is 6.09. The SMILES string of the molecule is C=CCNC(=S)N/N=C\c1cc(Cl)c(OC)c(OC)c1. The number of nitrogens with one attached hydrogen (secondary N) is 2. The second-order valence-electron chi connectivity index (χ2n) is 3.61. The summed E-state index contributed by atoms with van der Waals surface area (Å²) in [5, 5.41) is 7.74. The van der Waals surface area contributed by atoms with Crippen LogP contribution in [-0.4, -0.2) is 32.1 Å². The normalized spacial score (nSPS) is 10.2. The summed E-state index contributed by atoms with van der Waals surface area (Å²) in [6.07, 6.45) is 3.28. The van der Waals surface area contributed by atoms with Crippen molar-refractivity contribution in [3.05, 3.63) is 35.4 Å². The van der Waals surface area contributed by atoms with Gasteiger partial charge in [0.25, 0.3) is 0 Å². The van der Waals surface area contributed by atoms with E-state index in [9.17, 15) is 0 Å². The molecule has 1 aromatic rings. The number of hydrogen-bond acceptors (Lipinski definition) is 4. The predicted molar refractivity (Wildman–Crippen MR) is 86.1 cm³/mol. The molecule has 0 fully saturated rings. The number of hydrogen-bond donors (Lipinski definition) is 2. The van der Waals surface area contributed by atoms with Crippen LogP contribution in [0.15, 0.2) is 29.9 Å². The highest BCUT2D eigenvalue weighted by Gasteiger charge is 2.09. The first kappa shape index (κ1) is 16.3. The van der Waals surface area contributed by atoms with Crippen LogP contribution in [0, 0.1) is 0 Å². The zero-order chi connectivity index (χ0) is 15.0. The van der Waals surface area contributed by atoms with Gasteiger partial charge in [0.2, 0.25) is 0 Å². The molecule has 2 N–H and O–H groups in total. The summed E-state index contributed by atoms with van der Waals surface area (Å²) in [6, 6.07) is 3.48. The third-order valence-corrected chi connectivity index (χ3v) is 2.76. The Morgan fingerprint density at radius 1 is 1.45 bits per heavy atom. The first-order chi connectivity index (χ1) is 9.62. The van der Waals surface area contributed by atoms with Gasteiger partial charge in [0, 0.05) is 6.54 Å². The van der Waals surface area contributed by atoms with Crippen LogP contribution in [0.1, 0.15) is 5.56 Å². The van der Waals surface area contributed by atoms with Gasteiger partial charge in [-0.2, -0.15) is 5.10 Å². The van der Waals surface area contributed by atoms with E-state index in [-0.39, 0.29) is 0 Å². The van der Waals surface area contributed by atoms with E-state index in [2.05, 4.69) is 22.4 Å². The van der Waals surface area contributed by atoms with Gasteiger partial charge < -0.3 is 14.8 Å². The Kier molecular flexibility index (Phi) is 6.83. The van der Waals surface area contributed by atoms with Crippen LogP contribution < -0.4 is 20.2 Å². The van der Waals surface area contributed by atoms with Crippen molar-refractivity contribution >= 4 is 35.1 Å². The Morgan fingerprint density at radius 2 is 2.20 bits per heavy atom. The van der Waals surface area contributed by atoms with Crippen LogP contribution >= 0.6 is 23.8 Å². The van der Waals surface area contributed by atoms with Crippen LogP contribution in [0.2, 0.25) is 5.02 Å². The Hall–Kier alpha value is -1.79. The summed E-state index contributed by atoms with van der Waals surface area (Å²) < 4.78 is 10.3. The zero-order valence-electron chi connectivity index (χ0n) is 11.3. The number of rotatable bonds is 6. The van der Waals surface area contributed by atoms with Crippen molar-refractivity contribution in [1.29, 1.82) is 0 Å². The molecule has 0 heterocycles. The lowest BCUT2D eigenvalue weighted by Gasteiger charge is -2.10. The van der Waals surface area contributed by atoms with E-state index in [4.69, 9.17) is 33.3 Å². The van der Waals surface area contributed by atoms with Crippen molar-refractivity contribution in [1.82, 2.24) is 10.7 Å². The molecule has 0 aliphatic rings. The van der Waals surface area contributed by atoms with Crippen molar-refractivity contribution in [3.63, 3.8) is 0 Å². The van der Waals surface area contributed by atoms with Gasteiger partial charge in [-0.25, -0.2) is 0 Å². The summed E-state index contributed by atoms with van der Waals surface area (Å²) >= 11 is 11.1. The zero-order valence-corrected chi connectivity index (χ0v) is 12.8. The largest absolute Gasteiger partial charge is 0.493 e. The second kappa shape index (κ2) is 8.39. The number of ether oxygens (including phenoxy) is 2. The highest BCUT2D eigenvalue weighted by Crippen LogP contribution is 2.35. The molecule has 1 aromatic carbocycles. The molecular weight excluding hydrogens is 298 g/mol. The fraction of sp³-hybridized carbons (Fsp3) is 0.231. The average molecular weight is 314 g/mol. The molecule has 0 amide bonds. The molecule has 7 heteroatoms. The lowest BCUT2D eigenvalue weighted by Crippen LogP contribution is -2.31. The molecule has 20 heavy (non-hydrogen) atoms. The molecule has 0 spiro atoms. The minimum atomic E-state index is 0.410. The molecule has 1 rings (SSSR count). The molecule has 108 valence electrons. The number of benzene rings is 1. The van der Waals surface area contributed by atoms with E-state index in [0.717, 1.165) is 5.56 Å². The number of thiocarbonyl (C=S) groups is 1. The van der Waals surface area contributed by atoms with E-state index >= 15 is 0 Å². The minimum absolute atomic E-state index is 0.410. The van der Waals surface area contributed by atoms with Gasteiger partial charge in [-0.05, 0) is 29.9 Å². The Labute approximate surface area is 128 Å². The van der Waals surface area contributed by atoms with Crippen molar-refractivity contribution in [2.45, 2.75) is 0 Å². The van der Waals surface area contributed by atoms with Gasteiger partial charge in [0.05, 0.1) is 25.5 Å². The van der Waals surface area contributed by atoms with E-state index in [0.29, 0.717) is 28.2 Å². The van der Waals surface area contributed by atoms with Gasteiger partial charge in [0.1, 0.15) is 0 Å². The number of hydrazone groups is 1. The standard InChI is InChI=1S/C13H16ClN3O2S/c1-4-5-15-13(20)17-16-8-9-6-10(14)12(19-3)11(7-9)18-2/h4,6-8H,1,5H2,2-3H3,(H2,15,17,20)/b16-8-. The molecule has 0 aromatic heterocycles. The maximum absolute atomic E-state index is 6.09. The molecule has 0 aliphatic carbocycles. The molecule has 0 aliphatic heterocycles. The molecule has 0 bridgehead atoms. The third kappa shape index (κ3) is 4.71. The summed E-state index contributed by atoms with van der Waals surface area (Å²) in [5.41, 5.74) is 3.43. The van der Waals surface area contributed by atoms with Crippen LogP contribution in [0.4, 0.5) is 0 Å². The second-order valence-corrected chi connectivity index (χ2v) is 4.42. The van der Waals surface area contributed by atoms with Gasteiger partial charge in [-0.3, -0.25) is 5.43 Å². The van der Waals surface area contributed by atoms with Crippen molar-refractivity contribution < 1.29 is 9.47 Å². The van der Waals surface area contributed by atoms with Gasteiger partial charge >= 0.3 is 0 Å². The van der Waals surface area contributed by atoms with Gasteiger partial charge in [0.15, 0.2) is 16.6 Å². The van der Waals surface area contributed by atoms with Crippen LogP contribution in [0.5, 0.6) is 11.5 Å². The summed E-state index contributed by atoms with van der Waals surface area (Å²) in [7, 11) is 3.07. The van der Waals surface area contributed by atoms with Crippen LogP contribution in [0.3, 0.4) is 0 Å². The number of halogens is 1. The fourth-order valence-electron chi connectivity index (χ4n) is 1.38. The number of nitrogens with zero attached hydrogens (tertiary/aromatic N) is 1. The molecule has 0 atom stereocenters. The van der Waals surface area contributed by atoms with Gasteiger partial charge in [-0.15, -0.1) is 6.58 Å². The topological polar surface area (TPSA) is 54.9 Å². The minimum Gasteiger partial charge on any atom is -0.493 e. The average Bonchev–Trinajstić information content (AvgIpc) is 2.44. The van der Waals surface area contributed by atoms with Crippen molar-refractivity contribution in [2.75, 3.05) is 20.8 Å². The lowest BCUT2D eigenvalue weighted by molar-refractivity contribution is 0.355. The van der Waals surface area contributed by atoms with Crippen molar-refractivity contribution in [2.24, 2.45) is 5.10 Å². The summed E-state index contributed by atoms with van der Waals surface area (Å²) in [6.45, 7) is 4.15. The Bertz CT molecular complexity index is 521. The molecule has 0 saturated carbocycles. The number of methoxy groups -OCH3 is 2. The van der Waals surface area contributed by atoms with E-state index < -0.39 is 0 Å². The van der Waals surface area contributed by atoms with Crippen LogP contribution in [-0.2, 0) is 0 Å². The quantitative estimate of drug-likeness (QED) is 0.365. The fourth-order valence-corrected chi connectivity index (χ4v) is 1.81. The Morgan fingerprint density at radius 3 is 2.80 bits per heavy atom. The van der Waals surface area contributed by atoms with Crippen molar-refractivity contribution in [3.8, 4) is 11.5 Å². The lowest BCUT2D eigenvalue weighted by atomic mass is 10.2. The first-order valence-corrected chi connectivity index (χ1v) is 6.50. The predicted octanol–water partition coefficient (Wildman–Crippen LogP) is 2.34. The molecular formula is C13H16ClN3O2S. The molecule has 0 saturated heterocycles. The Balaban J connectivity index is 2.75. The smallest absolute Gasteiger partial charge is 0.187 e. The molecule has 5 nitrogen and oxygen atoms in total. The maximum Gasteiger partial charge on any atom is 0.187 e. The molecule has 0 radical (unpaired) electrons. The van der Waals surface area contributed by atoms with E-state index in [1.54, 1.807) is 31.5 Å². The van der Waals surface area contributed by atoms with Crippen LogP contribution in [0.25, 0.3) is 0 Å².